The molecule has 0 spiro atoms. The fraction of sp³-hybridized carbons (Fsp3) is 0.364. The predicted molar refractivity (Wildman–Crippen MR) is 162 cm³/mol. The van der Waals surface area contributed by atoms with E-state index in [2.05, 4.69) is 68.4 Å². The summed E-state index contributed by atoms with van der Waals surface area (Å²) in [7, 11) is 0. The van der Waals surface area contributed by atoms with E-state index in [1.54, 1.807) is 6.20 Å². The van der Waals surface area contributed by atoms with E-state index in [-0.39, 0.29) is 0 Å². The third-order valence-corrected chi connectivity index (χ3v) is 8.58. The summed E-state index contributed by atoms with van der Waals surface area (Å²) in [5, 5.41) is 14.6. The highest BCUT2D eigenvalue weighted by Gasteiger charge is 2.26. The average molecular weight is 532 g/mol. The van der Waals surface area contributed by atoms with Crippen molar-refractivity contribution in [3.05, 3.63) is 82.6 Å². The molecule has 1 saturated carbocycles. The van der Waals surface area contributed by atoms with Gasteiger partial charge in [-0.25, -0.2) is 0 Å². The van der Waals surface area contributed by atoms with E-state index in [9.17, 15) is 5.26 Å². The number of H-pyrrole nitrogens is 1. The molecule has 1 aliphatic carbocycles. The normalized spacial score (nSPS) is 17.1. The van der Waals surface area contributed by atoms with Crippen LogP contribution in [0.4, 0.5) is 11.4 Å². The monoisotopic (exact) mass is 531 g/mol. The highest BCUT2D eigenvalue weighted by atomic mass is 15.3. The Kier molecular flexibility index (Phi) is 7.63. The van der Waals surface area contributed by atoms with Gasteiger partial charge in [0.2, 0.25) is 0 Å². The van der Waals surface area contributed by atoms with Crippen LogP contribution < -0.4 is 5.32 Å². The van der Waals surface area contributed by atoms with Gasteiger partial charge in [0, 0.05) is 79.0 Å². The van der Waals surface area contributed by atoms with Crippen LogP contribution in [0.1, 0.15) is 59.5 Å². The van der Waals surface area contributed by atoms with Crippen molar-refractivity contribution >= 4 is 34.4 Å². The minimum atomic E-state index is 0.511. The summed E-state index contributed by atoms with van der Waals surface area (Å²) in [5.74, 6) is 0. The Morgan fingerprint density at radius 3 is 2.67 bits per heavy atom. The molecular weight excluding hydrogens is 494 g/mol. The van der Waals surface area contributed by atoms with Crippen LogP contribution in [0.25, 0.3) is 23.1 Å². The van der Waals surface area contributed by atoms with Gasteiger partial charge in [-0.2, -0.15) is 5.26 Å². The van der Waals surface area contributed by atoms with E-state index in [1.807, 2.05) is 31.3 Å². The van der Waals surface area contributed by atoms with E-state index in [1.165, 1.54) is 25.7 Å². The molecule has 7 heteroatoms. The number of nitriles is 1. The first-order chi connectivity index (χ1) is 19.6. The van der Waals surface area contributed by atoms with Crippen molar-refractivity contribution in [3.8, 4) is 6.07 Å². The fourth-order valence-electron chi connectivity index (χ4n) is 6.23. The van der Waals surface area contributed by atoms with Crippen LogP contribution in [0, 0.1) is 25.2 Å². The summed E-state index contributed by atoms with van der Waals surface area (Å²) in [5.41, 5.74) is 8.21. The van der Waals surface area contributed by atoms with Gasteiger partial charge in [0.05, 0.1) is 22.6 Å². The molecule has 40 heavy (non-hydrogen) atoms. The van der Waals surface area contributed by atoms with Crippen LogP contribution in [-0.2, 0) is 6.54 Å². The van der Waals surface area contributed by atoms with Gasteiger partial charge < -0.3 is 10.3 Å². The molecule has 2 N–H and O–H groups in total. The standard InChI is InChI=1S/C33H37N7/c1-23-29-14-15-35-32(29)13-12-31(23)38-33-25(20-34)21-36-24(2)30(33)11-10-26-6-5-7-27(37-26)22-39-16-18-40(19-17-39)28-8-3-4-9-28/h5-7,10-15,21,28,35H,3-4,8-9,16-19,22H2,1-2H3,(H,36,38). The second-order valence-electron chi connectivity index (χ2n) is 11.1. The number of aromatic nitrogens is 3. The molecule has 0 atom stereocenters. The molecular formula is C33H37N7. The first-order valence-electron chi connectivity index (χ1n) is 14.4. The maximum Gasteiger partial charge on any atom is 0.103 e. The molecule has 3 aromatic heterocycles. The lowest BCUT2D eigenvalue weighted by molar-refractivity contribution is 0.0929. The van der Waals surface area contributed by atoms with Crippen LogP contribution in [0.2, 0.25) is 0 Å². The average Bonchev–Trinajstić information content (AvgIpc) is 3.68. The van der Waals surface area contributed by atoms with Gasteiger partial charge in [-0.1, -0.05) is 18.9 Å². The lowest BCUT2D eigenvalue weighted by Crippen LogP contribution is -2.49. The van der Waals surface area contributed by atoms with Crippen molar-refractivity contribution in [2.45, 2.75) is 52.1 Å². The third-order valence-electron chi connectivity index (χ3n) is 8.58. The van der Waals surface area contributed by atoms with Crippen LogP contribution in [0.3, 0.4) is 0 Å². The maximum absolute atomic E-state index is 9.90. The first-order valence-corrected chi connectivity index (χ1v) is 14.4. The topological polar surface area (TPSA) is 83.9 Å². The maximum atomic E-state index is 9.90. The molecule has 2 fully saturated rings. The highest BCUT2D eigenvalue weighted by Crippen LogP contribution is 2.32. The second-order valence-corrected chi connectivity index (χ2v) is 11.1. The van der Waals surface area contributed by atoms with Gasteiger partial charge >= 0.3 is 0 Å². The lowest BCUT2D eigenvalue weighted by atomic mass is 10.0. The molecule has 204 valence electrons. The smallest absolute Gasteiger partial charge is 0.103 e. The second kappa shape index (κ2) is 11.6. The molecule has 4 heterocycles. The van der Waals surface area contributed by atoms with Gasteiger partial charge in [0.15, 0.2) is 0 Å². The van der Waals surface area contributed by atoms with E-state index < -0.39 is 0 Å². The van der Waals surface area contributed by atoms with Crippen molar-refractivity contribution in [1.82, 2.24) is 24.8 Å². The zero-order chi connectivity index (χ0) is 27.5. The summed E-state index contributed by atoms with van der Waals surface area (Å²) >= 11 is 0. The number of aromatic amines is 1. The number of piperazine rings is 1. The van der Waals surface area contributed by atoms with E-state index >= 15 is 0 Å². The van der Waals surface area contributed by atoms with Crippen molar-refractivity contribution in [2.75, 3.05) is 31.5 Å². The molecule has 0 bridgehead atoms. The molecule has 1 saturated heterocycles. The van der Waals surface area contributed by atoms with Crippen molar-refractivity contribution in [2.24, 2.45) is 0 Å². The quantitative estimate of drug-likeness (QED) is 0.286. The first kappa shape index (κ1) is 26.2. The number of pyridine rings is 2. The van der Waals surface area contributed by atoms with Crippen molar-refractivity contribution < 1.29 is 0 Å². The lowest BCUT2D eigenvalue weighted by Gasteiger charge is -2.37. The number of rotatable bonds is 7. The Morgan fingerprint density at radius 2 is 1.88 bits per heavy atom. The van der Waals surface area contributed by atoms with Gasteiger partial charge in [0.1, 0.15) is 6.07 Å². The summed E-state index contributed by atoms with van der Waals surface area (Å²) in [6, 6.07) is 15.6. The largest absolute Gasteiger partial charge is 0.361 e. The van der Waals surface area contributed by atoms with Gasteiger partial charge in [0.25, 0.3) is 0 Å². The molecule has 1 aliphatic heterocycles. The molecule has 6 rings (SSSR count). The van der Waals surface area contributed by atoms with Gasteiger partial charge in [-0.3, -0.25) is 19.8 Å². The number of fused-ring (bicyclic) bond motifs is 1. The van der Waals surface area contributed by atoms with Crippen molar-refractivity contribution in [3.63, 3.8) is 0 Å². The molecule has 0 amide bonds. The van der Waals surface area contributed by atoms with Gasteiger partial charge in [-0.15, -0.1) is 0 Å². The molecule has 7 nitrogen and oxygen atoms in total. The van der Waals surface area contributed by atoms with Crippen molar-refractivity contribution in [1.29, 1.82) is 5.26 Å². The zero-order valence-electron chi connectivity index (χ0n) is 23.5. The number of aryl methyl sites for hydroxylation is 2. The summed E-state index contributed by atoms with van der Waals surface area (Å²) in [6.45, 7) is 9.48. The number of anilines is 2. The Labute approximate surface area is 236 Å². The van der Waals surface area contributed by atoms with E-state index in [0.29, 0.717) is 5.56 Å². The molecule has 4 aromatic rings. The third kappa shape index (κ3) is 5.51. The minimum Gasteiger partial charge on any atom is -0.361 e. The minimum absolute atomic E-state index is 0.511. The van der Waals surface area contributed by atoms with E-state index in [4.69, 9.17) is 4.98 Å². The summed E-state index contributed by atoms with van der Waals surface area (Å²) in [4.78, 5) is 18.0. The van der Waals surface area contributed by atoms with E-state index in [0.717, 1.165) is 89.3 Å². The Hall–Kier alpha value is -3.99. The summed E-state index contributed by atoms with van der Waals surface area (Å²) in [6.07, 6.45) is 13.2. The Balaban J connectivity index is 1.20. The Bertz CT molecular complexity index is 1560. The number of nitrogens with one attached hydrogen (secondary N) is 2. The van der Waals surface area contributed by atoms with Crippen LogP contribution in [-0.4, -0.2) is 57.0 Å². The van der Waals surface area contributed by atoms with Crippen LogP contribution >= 0.6 is 0 Å². The van der Waals surface area contributed by atoms with Gasteiger partial charge in [-0.05, 0) is 74.7 Å². The number of benzene rings is 1. The molecule has 0 radical (unpaired) electrons. The fourth-order valence-corrected chi connectivity index (χ4v) is 6.23. The Morgan fingerprint density at radius 1 is 1.05 bits per heavy atom. The van der Waals surface area contributed by atoms with Crippen LogP contribution in [0.5, 0.6) is 0 Å². The predicted octanol–water partition coefficient (Wildman–Crippen LogP) is 6.42. The SMILES string of the molecule is Cc1ncc(C#N)c(Nc2ccc3[nH]ccc3c2C)c1C=Cc1cccc(CN2CCN(C3CCCC3)CC2)n1. The summed E-state index contributed by atoms with van der Waals surface area (Å²) < 4.78 is 0. The van der Waals surface area contributed by atoms with Crippen LogP contribution in [0.15, 0.2) is 48.8 Å². The number of nitrogens with zero attached hydrogens (tertiary/aromatic N) is 5. The number of hydrogen-bond acceptors (Lipinski definition) is 6. The molecule has 1 aromatic carbocycles. The number of hydrogen-bond donors (Lipinski definition) is 2. The molecule has 2 aliphatic rings. The zero-order valence-corrected chi connectivity index (χ0v) is 23.5. The molecule has 0 unspecified atom stereocenters. The highest BCUT2D eigenvalue weighted by molar-refractivity contribution is 5.90.